The van der Waals surface area contributed by atoms with Gasteiger partial charge in [0.2, 0.25) is 0 Å². The molecule has 1 aliphatic rings. The largest absolute Gasteiger partial charge is 0.491 e. The van der Waals surface area contributed by atoms with Crippen molar-refractivity contribution in [1.29, 1.82) is 0 Å². The average Bonchev–Trinajstić information content (AvgIpc) is 2.21. The zero-order valence-electron chi connectivity index (χ0n) is 9.58. The van der Waals surface area contributed by atoms with E-state index >= 15 is 0 Å². The van der Waals surface area contributed by atoms with Gasteiger partial charge in [-0.15, -0.1) is 0 Å². The van der Waals surface area contributed by atoms with Crippen molar-refractivity contribution in [3.8, 4) is 0 Å². The number of hydrogen-bond acceptors (Lipinski definition) is 3. The summed E-state index contributed by atoms with van der Waals surface area (Å²) in [5.41, 5.74) is 0.865. The first-order chi connectivity index (χ1) is 7.06. The average molecular weight is 210 g/mol. The SMILES string of the molecule is CCOC(=O)/C=C/C1(C)CCC(C)=CO1. The van der Waals surface area contributed by atoms with Gasteiger partial charge in [0.15, 0.2) is 0 Å². The molecule has 0 aromatic rings. The summed E-state index contributed by atoms with van der Waals surface area (Å²) in [6, 6.07) is 0. The molecular weight excluding hydrogens is 192 g/mol. The van der Waals surface area contributed by atoms with Crippen LogP contribution in [-0.4, -0.2) is 18.2 Å². The van der Waals surface area contributed by atoms with Gasteiger partial charge in [0.1, 0.15) is 5.60 Å². The first-order valence-corrected chi connectivity index (χ1v) is 5.25. The summed E-state index contributed by atoms with van der Waals surface area (Å²) in [4.78, 5) is 11.1. The van der Waals surface area contributed by atoms with Gasteiger partial charge in [-0.1, -0.05) is 0 Å². The highest BCUT2D eigenvalue weighted by Crippen LogP contribution is 2.27. The molecule has 15 heavy (non-hydrogen) atoms. The van der Waals surface area contributed by atoms with E-state index < -0.39 is 0 Å². The Bertz CT molecular complexity index is 291. The molecule has 3 heteroatoms. The lowest BCUT2D eigenvalue weighted by molar-refractivity contribution is -0.137. The van der Waals surface area contributed by atoms with Crippen molar-refractivity contribution in [3.05, 3.63) is 24.0 Å². The highest BCUT2D eigenvalue weighted by Gasteiger charge is 2.24. The predicted octanol–water partition coefficient (Wildman–Crippen LogP) is 2.58. The van der Waals surface area contributed by atoms with E-state index in [1.807, 2.05) is 13.8 Å². The number of allylic oxidation sites excluding steroid dienone is 1. The Kier molecular flexibility index (Phi) is 3.95. The second-order valence-corrected chi connectivity index (χ2v) is 3.98. The molecule has 1 heterocycles. The lowest BCUT2D eigenvalue weighted by Gasteiger charge is -2.29. The van der Waals surface area contributed by atoms with Gasteiger partial charge in [0.05, 0.1) is 12.9 Å². The van der Waals surface area contributed by atoms with Crippen LogP contribution in [0.5, 0.6) is 0 Å². The van der Waals surface area contributed by atoms with Crippen molar-refractivity contribution in [2.24, 2.45) is 0 Å². The molecule has 0 saturated carbocycles. The molecule has 0 N–H and O–H groups in total. The molecule has 1 atom stereocenters. The fourth-order valence-electron chi connectivity index (χ4n) is 1.36. The number of esters is 1. The third-order valence-electron chi connectivity index (χ3n) is 2.40. The van der Waals surface area contributed by atoms with Gasteiger partial charge in [0.25, 0.3) is 0 Å². The predicted molar refractivity (Wildman–Crippen MR) is 58.3 cm³/mol. The van der Waals surface area contributed by atoms with Gasteiger partial charge >= 0.3 is 5.97 Å². The molecular formula is C12H18O3. The minimum atomic E-state index is -0.369. The topological polar surface area (TPSA) is 35.5 Å². The van der Waals surface area contributed by atoms with Gasteiger partial charge in [-0.3, -0.25) is 0 Å². The van der Waals surface area contributed by atoms with E-state index in [0.717, 1.165) is 12.8 Å². The molecule has 0 bridgehead atoms. The molecule has 0 aromatic carbocycles. The zero-order valence-corrected chi connectivity index (χ0v) is 9.58. The standard InChI is InChI=1S/C12H18O3/c1-4-14-11(13)6-8-12(3)7-5-10(2)9-15-12/h6,8-9H,4-5,7H2,1-3H3/b8-6+. The third kappa shape index (κ3) is 3.78. The van der Waals surface area contributed by atoms with Crippen molar-refractivity contribution < 1.29 is 14.3 Å². The van der Waals surface area contributed by atoms with E-state index in [-0.39, 0.29) is 11.6 Å². The highest BCUT2D eigenvalue weighted by atomic mass is 16.5. The fraction of sp³-hybridized carbons (Fsp3) is 0.583. The number of carbonyl (C=O) groups excluding carboxylic acids is 1. The van der Waals surface area contributed by atoms with Crippen molar-refractivity contribution in [3.63, 3.8) is 0 Å². The van der Waals surface area contributed by atoms with Crippen LogP contribution in [0.3, 0.4) is 0 Å². The molecule has 0 aromatic heterocycles. The molecule has 0 fully saturated rings. The van der Waals surface area contributed by atoms with Crippen LogP contribution in [0.25, 0.3) is 0 Å². The van der Waals surface area contributed by atoms with Crippen LogP contribution in [0.2, 0.25) is 0 Å². The minimum absolute atomic E-state index is 0.311. The molecule has 0 amide bonds. The molecule has 1 rings (SSSR count). The molecule has 84 valence electrons. The van der Waals surface area contributed by atoms with Crippen LogP contribution in [0.15, 0.2) is 24.0 Å². The Balaban J connectivity index is 2.54. The van der Waals surface area contributed by atoms with E-state index in [0.29, 0.717) is 6.61 Å². The molecule has 1 aliphatic heterocycles. The Morgan fingerprint density at radius 2 is 2.47 bits per heavy atom. The smallest absolute Gasteiger partial charge is 0.330 e. The highest BCUT2D eigenvalue weighted by molar-refractivity contribution is 5.82. The normalized spacial score (nSPS) is 25.9. The lowest BCUT2D eigenvalue weighted by Crippen LogP contribution is -2.27. The zero-order chi connectivity index (χ0) is 11.3. The maximum absolute atomic E-state index is 11.1. The Morgan fingerprint density at radius 1 is 1.73 bits per heavy atom. The van der Waals surface area contributed by atoms with E-state index in [9.17, 15) is 4.79 Å². The molecule has 3 nitrogen and oxygen atoms in total. The first kappa shape index (κ1) is 11.8. The third-order valence-corrected chi connectivity index (χ3v) is 2.40. The maximum Gasteiger partial charge on any atom is 0.330 e. The van der Waals surface area contributed by atoms with E-state index in [1.165, 1.54) is 11.6 Å². The molecule has 0 radical (unpaired) electrons. The summed E-state index contributed by atoms with van der Waals surface area (Å²) < 4.78 is 10.4. The van der Waals surface area contributed by atoms with Crippen LogP contribution >= 0.6 is 0 Å². The van der Waals surface area contributed by atoms with Crippen LogP contribution < -0.4 is 0 Å². The van der Waals surface area contributed by atoms with Crippen molar-refractivity contribution >= 4 is 5.97 Å². The van der Waals surface area contributed by atoms with Crippen molar-refractivity contribution in [2.75, 3.05) is 6.61 Å². The van der Waals surface area contributed by atoms with Gasteiger partial charge < -0.3 is 9.47 Å². The van der Waals surface area contributed by atoms with Gasteiger partial charge in [-0.05, 0) is 45.3 Å². The van der Waals surface area contributed by atoms with Crippen molar-refractivity contribution in [1.82, 2.24) is 0 Å². The summed E-state index contributed by atoms with van der Waals surface area (Å²) in [5.74, 6) is -0.311. The number of ether oxygens (including phenoxy) is 2. The van der Waals surface area contributed by atoms with Crippen LogP contribution in [0.1, 0.15) is 33.6 Å². The Hall–Kier alpha value is -1.25. The lowest BCUT2D eigenvalue weighted by atomic mass is 9.95. The number of rotatable bonds is 3. The second-order valence-electron chi connectivity index (χ2n) is 3.98. The molecule has 0 aliphatic carbocycles. The first-order valence-electron chi connectivity index (χ1n) is 5.25. The van der Waals surface area contributed by atoms with Crippen molar-refractivity contribution in [2.45, 2.75) is 39.2 Å². The Morgan fingerprint density at radius 3 is 3.00 bits per heavy atom. The van der Waals surface area contributed by atoms with Gasteiger partial charge in [-0.25, -0.2) is 4.79 Å². The van der Waals surface area contributed by atoms with E-state index in [1.54, 1.807) is 19.3 Å². The monoisotopic (exact) mass is 210 g/mol. The van der Waals surface area contributed by atoms with Crippen LogP contribution in [0.4, 0.5) is 0 Å². The number of hydrogen-bond donors (Lipinski definition) is 0. The van der Waals surface area contributed by atoms with Gasteiger partial charge in [0, 0.05) is 6.08 Å². The maximum atomic E-state index is 11.1. The summed E-state index contributed by atoms with van der Waals surface area (Å²) in [6.45, 7) is 6.19. The molecule has 0 saturated heterocycles. The van der Waals surface area contributed by atoms with Gasteiger partial charge in [-0.2, -0.15) is 0 Å². The van der Waals surface area contributed by atoms with Crippen LogP contribution in [-0.2, 0) is 14.3 Å². The summed E-state index contributed by atoms with van der Waals surface area (Å²) in [6.07, 6.45) is 6.87. The molecule has 1 unspecified atom stereocenters. The summed E-state index contributed by atoms with van der Waals surface area (Å²) in [7, 11) is 0. The van der Waals surface area contributed by atoms with E-state index in [4.69, 9.17) is 9.47 Å². The minimum Gasteiger partial charge on any atom is -0.491 e. The summed E-state index contributed by atoms with van der Waals surface area (Å²) >= 11 is 0. The quantitative estimate of drug-likeness (QED) is 0.530. The van der Waals surface area contributed by atoms with E-state index in [2.05, 4.69) is 0 Å². The molecule has 0 spiro atoms. The second kappa shape index (κ2) is 5.01. The fourth-order valence-corrected chi connectivity index (χ4v) is 1.36. The van der Waals surface area contributed by atoms with Crippen LogP contribution in [0, 0.1) is 0 Å². The Labute approximate surface area is 90.8 Å². The number of carbonyl (C=O) groups is 1. The summed E-state index contributed by atoms with van der Waals surface area (Å²) in [5, 5.41) is 0.